The van der Waals surface area contributed by atoms with Gasteiger partial charge in [-0.05, 0) is 26.2 Å². The highest BCUT2D eigenvalue weighted by Crippen LogP contribution is 1.99. The quantitative estimate of drug-likeness (QED) is 0.407. The maximum Gasteiger partial charge on any atom is 0.330 e. The molecule has 0 saturated heterocycles. The van der Waals surface area contributed by atoms with E-state index in [0.717, 1.165) is 0 Å². The van der Waals surface area contributed by atoms with Gasteiger partial charge in [0.15, 0.2) is 0 Å². The van der Waals surface area contributed by atoms with Crippen molar-refractivity contribution in [3.05, 3.63) is 24.3 Å². The van der Waals surface area contributed by atoms with Gasteiger partial charge in [0.1, 0.15) is 0 Å². The first-order valence-electron chi connectivity index (χ1n) is 5.60. The molecule has 0 spiro atoms. The van der Waals surface area contributed by atoms with Crippen molar-refractivity contribution >= 4 is 5.97 Å². The third kappa shape index (κ3) is 19.4. The minimum Gasteiger partial charge on any atom is -0.478 e. The van der Waals surface area contributed by atoms with Gasteiger partial charge in [0.05, 0.1) is 0 Å². The molecular weight excluding hydrogens is 188 g/mol. The summed E-state index contributed by atoms with van der Waals surface area (Å²) in [6, 6.07) is 0. The van der Waals surface area contributed by atoms with Crippen LogP contribution in [-0.2, 0) is 4.79 Å². The molecule has 0 radical (unpaired) electrons. The van der Waals surface area contributed by atoms with E-state index < -0.39 is 5.97 Å². The number of hydrogen-bond donors (Lipinski definition) is 1. The van der Waals surface area contributed by atoms with Crippen molar-refractivity contribution in [1.29, 1.82) is 0 Å². The predicted molar refractivity (Wildman–Crippen MR) is 66.0 cm³/mol. The molecule has 0 rings (SSSR count). The van der Waals surface area contributed by atoms with Crippen molar-refractivity contribution in [1.82, 2.24) is 0 Å². The minimum atomic E-state index is -0.935. The molecule has 15 heavy (non-hydrogen) atoms. The molecule has 0 aliphatic carbocycles. The fraction of sp³-hybridized carbons (Fsp3) is 0.615. The molecule has 0 fully saturated rings. The Morgan fingerprint density at radius 2 is 1.80 bits per heavy atom. The van der Waals surface area contributed by atoms with E-state index in [1.807, 2.05) is 0 Å². The molecule has 0 amide bonds. The van der Waals surface area contributed by atoms with Crippen LogP contribution < -0.4 is 0 Å². The highest BCUT2D eigenvalue weighted by Gasteiger charge is 1.90. The maximum atomic E-state index is 9.60. The van der Waals surface area contributed by atoms with Crippen LogP contribution in [-0.4, -0.2) is 11.1 Å². The molecule has 0 aromatic heterocycles. The number of carboxylic acids is 1. The summed E-state index contributed by atoms with van der Waals surface area (Å²) in [5.41, 5.74) is 0.176. The monoisotopic (exact) mass is 212 g/mol. The average molecular weight is 212 g/mol. The molecule has 2 nitrogen and oxygen atoms in total. The number of carbonyl (C=O) groups is 1. The Morgan fingerprint density at radius 3 is 2.13 bits per heavy atom. The topological polar surface area (TPSA) is 37.3 Å². The van der Waals surface area contributed by atoms with E-state index in [0.29, 0.717) is 0 Å². The number of aliphatic carboxylic acids is 1. The van der Waals surface area contributed by atoms with Gasteiger partial charge >= 0.3 is 5.97 Å². The molecule has 0 aromatic carbocycles. The lowest BCUT2D eigenvalue weighted by molar-refractivity contribution is -0.132. The van der Waals surface area contributed by atoms with Crippen molar-refractivity contribution in [2.24, 2.45) is 0 Å². The summed E-state index contributed by atoms with van der Waals surface area (Å²) in [4.78, 5) is 9.60. The smallest absolute Gasteiger partial charge is 0.330 e. The summed E-state index contributed by atoms with van der Waals surface area (Å²) >= 11 is 0. The molecule has 0 aliphatic heterocycles. The third-order valence-corrected chi connectivity index (χ3v) is 1.74. The summed E-state index contributed by atoms with van der Waals surface area (Å²) in [5.74, 6) is -0.935. The number of carboxylic acid groups (broad SMARTS) is 1. The first-order chi connectivity index (χ1) is 7.06. The van der Waals surface area contributed by atoms with Crippen LogP contribution >= 0.6 is 0 Å². The summed E-state index contributed by atoms with van der Waals surface area (Å²) in [6.45, 7) is 9.02. The normalized spacial score (nSPS) is 9.53. The van der Waals surface area contributed by atoms with E-state index in [1.165, 1.54) is 39.0 Å². The molecule has 0 unspecified atom stereocenters. The second-order valence-corrected chi connectivity index (χ2v) is 3.46. The summed E-state index contributed by atoms with van der Waals surface area (Å²) < 4.78 is 0. The standard InChI is InChI=1S/C9H18.C4H6O2/c1-3-5-7-9-8-6-4-2;1-3(2)4(5)6/h5,7H,3-4,6,8-9H2,1-2H3;1H2,2H3,(H,5,6). The maximum absolute atomic E-state index is 9.60. The Balaban J connectivity index is 0. The van der Waals surface area contributed by atoms with Gasteiger partial charge in [0.25, 0.3) is 0 Å². The highest BCUT2D eigenvalue weighted by atomic mass is 16.4. The number of rotatable bonds is 6. The summed E-state index contributed by atoms with van der Waals surface area (Å²) in [7, 11) is 0. The van der Waals surface area contributed by atoms with Crippen LogP contribution in [0.4, 0.5) is 0 Å². The van der Waals surface area contributed by atoms with Crippen molar-refractivity contribution in [2.45, 2.75) is 52.9 Å². The van der Waals surface area contributed by atoms with Crippen LogP contribution in [0.1, 0.15) is 52.9 Å². The molecule has 0 atom stereocenters. The summed E-state index contributed by atoms with van der Waals surface area (Å²) in [6.07, 6.45) is 11.1. The van der Waals surface area contributed by atoms with Crippen LogP contribution in [0.5, 0.6) is 0 Å². The van der Waals surface area contributed by atoms with E-state index in [9.17, 15) is 4.79 Å². The van der Waals surface area contributed by atoms with E-state index in [4.69, 9.17) is 5.11 Å². The Hall–Kier alpha value is -1.05. The SMILES string of the molecule is C=C(C)C(=O)O.CCC=CCCCCC. The molecule has 0 saturated carbocycles. The van der Waals surface area contributed by atoms with Gasteiger partial charge in [-0.2, -0.15) is 0 Å². The second-order valence-electron chi connectivity index (χ2n) is 3.46. The Morgan fingerprint density at radius 1 is 1.27 bits per heavy atom. The lowest BCUT2D eigenvalue weighted by Gasteiger charge is -1.89. The van der Waals surface area contributed by atoms with Crippen LogP contribution in [0.2, 0.25) is 0 Å². The van der Waals surface area contributed by atoms with Gasteiger partial charge in [-0.3, -0.25) is 0 Å². The predicted octanol–water partition coefficient (Wildman–Crippen LogP) is 4.18. The van der Waals surface area contributed by atoms with Gasteiger partial charge in [0, 0.05) is 5.57 Å². The zero-order chi connectivity index (χ0) is 12.1. The van der Waals surface area contributed by atoms with Crippen molar-refractivity contribution in [2.75, 3.05) is 0 Å². The molecule has 1 N–H and O–H groups in total. The summed E-state index contributed by atoms with van der Waals surface area (Å²) in [5, 5.41) is 7.89. The fourth-order valence-electron chi connectivity index (χ4n) is 0.797. The molecule has 0 aromatic rings. The van der Waals surface area contributed by atoms with Gasteiger partial charge in [-0.1, -0.05) is 45.4 Å². The van der Waals surface area contributed by atoms with Gasteiger partial charge in [0.2, 0.25) is 0 Å². The van der Waals surface area contributed by atoms with Crippen LogP contribution in [0, 0.1) is 0 Å². The first kappa shape index (κ1) is 16.4. The van der Waals surface area contributed by atoms with E-state index >= 15 is 0 Å². The minimum absolute atomic E-state index is 0.176. The number of unbranched alkanes of at least 4 members (excludes halogenated alkanes) is 3. The number of hydrogen-bond acceptors (Lipinski definition) is 1. The van der Waals surface area contributed by atoms with Gasteiger partial charge in [-0.25, -0.2) is 4.79 Å². The largest absolute Gasteiger partial charge is 0.478 e. The number of allylic oxidation sites excluding steroid dienone is 2. The van der Waals surface area contributed by atoms with Gasteiger partial charge in [-0.15, -0.1) is 0 Å². The zero-order valence-electron chi connectivity index (χ0n) is 10.3. The molecule has 0 heterocycles. The van der Waals surface area contributed by atoms with E-state index in [-0.39, 0.29) is 5.57 Å². The lowest BCUT2D eigenvalue weighted by Crippen LogP contribution is -1.92. The molecule has 88 valence electrons. The molecule has 0 aliphatic rings. The zero-order valence-corrected chi connectivity index (χ0v) is 10.3. The van der Waals surface area contributed by atoms with E-state index in [2.05, 4.69) is 32.6 Å². The van der Waals surface area contributed by atoms with Crippen molar-refractivity contribution < 1.29 is 9.90 Å². The van der Waals surface area contributed by atoms with Crippen LogP contribution in [0.25, 0.3) is 0 Å². The molecular formula is C13H24O2. The van der Waals surface area contributed by atoms with Crippen LogP contribution in [0.3, 0.4) is 0 Å². The fourth-order valence-corrected chi connectivity index (χ4v) is 0.797. The second kappa shape index (κ2) is 12.9. The van der Waals surface area contributed by atoms with Crippen molar-refractivity contribution in [3.8, 4) is 0 Å². The van der Waals surface area contributed by atoms with Crippen molar-refractivity contribution in [3.63, 3.8) is 0 Å². The first-order valence-corrected chi connectivity index (χ1v) is 5.60. The Bertz CT molecular complexity index is 181. The van der Waals surface area contributed by atoms with Crippen LogP contribution in [0.15, 0.2) is 24.3 Å². The lowest BCUT2D eigenvalue weighted by atomic mass is 10.2. The average Bonchev–Trinajstić information content (AvgIpc) is 2.18. The third-order valence-electron chi connectivity index (χ3n) is 1.74. The molecule has 0 bridgehead atoms. The highest BCUT2D eigenvalue weighted by molar-refractivity contribution is 5.84. The van der Waals surface area contributed by atoms with Gasteiger partial charge < -0.3 is 5.11 Å². The Kier molecular flexibility index (Phi) is 14.1. The Labute approximate surface area is 93.7 Å². The molecule has 2 heteroatoms. The van der Waals surface area contributed by atoms with E-state index in [1.54, 1.807) is 0 Å².